The normalized spacial score (nSPS) is 16.0. The molecule has 0 saturated heterocycles. The molecule has 0 aromatic carbocycles. The Labute approximate surface area is 94.1 Å². The molecular weight excluding hydrogens is 192 g/mol. The molecule has 84 valence electrons. The third-order valence-corrected chi connectivity index (χ3v) is 3.21. The van der Waals surface area contributed by atoms with E-state index in [4.69, 9.17) is 0 Å². The van der Waals surface area contributed by atoms with Crippen LogP contribution in [0.2, 0.25) is 0 Å². The van der Waals surface area contributed by atoms with Gasteiger partial charge in [-0.05, 0) is 24.0 Å². The second-order valence-corrected chi connectivity index (χ2v) is 5.32. The molecule has 0 aliphatic heterocycles. The molecule has 0 aromatic rings. The van der Waals surface area contributed by atoms with Gasteiger partial charge in [0.1, 0.15) is 5.78 Å². The first-order valence-electron chi connectivity index (χ1n) is 5.54. The Kier molecular flexibility index (Phi) is 6.50. The van der Waals surface area contributed by atoms with Crippen molar-refractivity contribution in [2.24, 2.45) is 23.7 Å². The lowest BCUT2D eigenvalue weighted by Gasteiger charge is -2.24. The number of hydrogen-bond donors (Lipinski definition) is 1. The molecule has 0 bridgehead atoms. The van der Waals surface area contributed by atoms with Crippen LogP contribution in [0.15, 0.2) is 0 Å². The average Bonchev–Trinajstić information content (AvgIpc) is 2.11. The number of ketones is 1. The highest BCUT2D eigenvalue weighted by atomic mass is 32.1. The molecule has 0 heterocycles. The van der Waals surface area contributed by atoms with Crippen LogP contribution >= 0.6 is 12.6 Å². The summed E-state index contributed by atoms with van der Waals surface area (Å²) in [6, 6.07) is 0. The van der Waals surface area contributed by atoms with Crippen LogP contribution in [-0.4, -0.2) is 11.5 Å². The van der Waals surface area contributed by atoms with Crippen molar-refractivity contribution < 1.29 is 4.79 Å². The quantitative estimate of drug-likeness (QED) is 0.673. The Morgan fingerprint density at radius 2 is 1.64 bits per heavy atom. The molecular formula is C12H24OS. The Bertz CT molecular complexity index is 175. The summed E-state index contributed by atoms with van der Waals surface area (Å²) in [4.78, 5) is 11.9. The number of thiol groups is 1. The Morgan fingerprint density at radius 3 is 1.93 bits per heavy atom. The molecule has 0 spiro atoms. The monoisotopic (exact) mass is 216 g/mol. The van der Waals surface area contributed by atoms with Gasteiger partial charge in [-0.25, -0.2) is 0 Å². The zero-order valence-corrected chi connectivity index (χ0v) is 11.0. The average molecular weight is 216 g/mol. The van der Waals surface area contributed by atoms with E-state index < -0.39 is 0 Å². The van der Waals surface area contributed by atoms with Crippen LogP contribution in [0.5, 0.6) is 0 Å². The van der Waals surface area contributed by atoms with E-state index in [1.54, 1.807) is 0 Å². The van der Waals surface area contributed by atoms with Gasteiger partial charge in [0.05, 0.1) is 0 Å². The fourth-order valence-electron chi connectivity index (χ4n) is 1.69. The van der Waals surface area contributed by atoms with E-state index in [1.165, 1.54) is 0 Å². The van der Waals surface area contributed by atoms with Gasteiger partial charge in [-0.15, -0.1) is 0 Å². The number of carbonyl (C=O) groups excluding carboxylic acids is 1. The maximum Gasteiger partial charge on any atom is 0.138 e. The maximum atomic E-state index is 11.9. The molecule has 0 aliphatic carbocycles. The number of Topliss-reactive ketones (excluding diaryl/α,β-unsaturated/α-hetero) is 1. The maximum absolute atomic E-state index is 11.9. The van der Waals surface area contributed by atoms with Gasteiger partial charge in [-0.1, -0.05) is 34.6 Å². The van der Waals surface area contributed by atoms with Crippen molar-refractivity contribution in [2.45, 2.75) is 41.0 Å². The summed E-state index contributed by atoms with van der Waals surface area (Å²) >= 11 is 4.29. The standard InChI is InChI=1S/C12H24OS/c1-8(2)6-11(10(5)7-14)12(13)9(3)4/h8-11,14H,6-7H2,1-5H3. The molecule has 0 rings (SSSR count). The molecule has 0 aromatic heterocycles. The summed E-state index contributed by atoms with van der Waals surface area (Å²) in [6.07, 6.45) is 0.999. The van der Waals surface area contributed by atoms with Crippen molar-refractivity contribution in [3.63, 3.8) is 0 Å². The van der Waals surface area contributed by atoms with E-state index in [2.05, 4.69) is 33.4 Å². The Balaban J connectivity index is 4.46. The largest absolute Gasteiger partial charge is 0.299 e. The highest BCUT2D eigenvalue weighted by molar-refractivity contribution is 7.80. The summed E-state index contributed by atoms with van der Waals surface area (Å²) < 4.78 is 0. The van der Waals surface area contributed by atoms with Crippen LogP contribution in [0.3, 0.4) is 0 Å². The lowest BCUT2D eigenvalue weighted by Crippen LogP contribution is -2.28. The number of rotatable bonds is 6. The van der Waals surface area contributed by atoms with Gasteiger partial charge in [-0.2, -0.15) is 12.6 Å². The van der Waals surface area contributed by atoms with Gasteiger partial charge in [0, 0.05) is 11.8 Å². The van der Waals surface area contributed by atoms with Crippen molar-refractivity contribution in [3.05, 3.63) is 0 Å². The van der Waals surface area contributed by atoms with Crippen molar-refractivity contribution in [1.82, 2.24) is 0 Å². The lowest BCUT2D eigenvalue weighted by molar-refractivity contribution is -0.127. The third-order valence-electron chi connectivity index (χ3n) is 2.63. The topological polar surface area (TPSA) is 17.1 Å². The third kappa shape index (κ3) is 4.50. The number of carbonyl (C=O) groups is 1. The summed E-state index contributed by atoms with van der Waals surface area (Å²) in [7, 11) is 0. The van der Waals surface area contributed by atoms with Crippen LogP contribution in [0.4, 0.5) is 0 Å². The van der Waals surface area contributed by atoms with Gasteiger partial charge in [0.25, 0.3) is 0 Å². The number of hydrogen-bond acceptors (Lipinski definition) is 2. The molecule has 0 radical (unpaired) electrons. The summed E-state index contributed by atoms with van der Waals surface area (Å²) in [5, 5.41) is 0. The van der Waals surface area contributed by atoms with Crippen LogP contribution in [0.25, 0.3) is 0 Å². The summed E-state index contributed by atoms with van der Waals surface area (Å²) in [5.74, 6) is 2.55. The van der Waals surface area contributed by atoms with Gasteiger partial charge in [0.15, 0.2) is 0 Å². The van der Waals surface area contributed by atoms with Crippen LogP contribution in [-0.2, 0) is 4.79 Å². The molecule has 0 saturated carbocycles. The van der Waals surface area contributed by atoms with E-state index in [-0.39, 0.29) is 11.8 Å². The summed E-state index contributed by atoms with van der Waals surface area (Å²) in [6.45, 7) is 10.4. The molecule has 2 atom stereocenters. The van der Waals surface area contributed by atoms with E-state index in [0.29, 0.717) is 17.6 Å². The van der Waals surface area contributed by atoms with Crippen molar-refractivity contribution >= 4 is 18.4 Å². The molecule has 0 N–H and O–H groups in total. The Morgan fingerprint density at radius 1 is 1.14 bits per heavy atom. The molecule has 0 fully saturated rings. The van der Waals surface area contributed by atoms with Crippen molar-refractivity contribution in [3.8, 4) is 0 Å². The van der Waals surface area contributed by atoms with Gasteiger partial charge < -0.3 is 0 Å². The first-order valence-corrected chi connectivity index (χ1v) is 6.17. The predicted octanol–water partition coefficient (Wildman–Crippen LogP) is 3.44. The van der Waals surface area contributed by atoms with E-state index in [1.807, 2.05) is 13.8 Å². The Hall–Kier alpha value is 0.0200. The predicted molar refractivity (Wildman–Crippen MR) is 65.8 cm³/mol. The van der Waals surface area contributed by atoms with Crippen molar-refractivity contribution in [1.29, 1.82) is 0 Å². The van der Waals surface area contributed by atoms with Crippen LogP contribution < -0.4 is 0 Å². The van der Waals surface area contributed by atoms with Crippen LogP contribution in [0, 0.1) is 23.7 Å². The fraction of sp³-hybridized carbons (Fsp3) is 0.917. The highest BCUT2D eigenvalue weighted by Gasteiger charge is 2.26. The molecule has 0 aliphatic rings. The molecule has 2 unspecified atom stereocenters. The van der Waals surface area contributed by atoms with Gasteiger partial charge in [-0.3, -0.25) is 4.79 Å². The molecule has 2 heteroatoms. The highest BCUT2D eigenvalue weighted by Crippen LogP contribution is 2.25. The molecule has 0 amide bonds. The zero-order valence-electron chi connectivity index (χ0n) is 10.1. The smallest absolute Gasteiger partial charge is 0.138 e. The molecule has 1 nitrogen and oxygen atoms in total. The van der Waals surface area contributed by atoms with E-state index >= 15 is 0 Å². The van der Waals surface area contributed by atoms with E-state index in [9.17, 15) is 4.79 Å². The second kappa shape index (κ2) is 6.49. The van der Waals surface area contributed by atoms with Gasteiger partial charge >= 0.3 is 0 Å². The molecule has 14 heavy (non-hydrogen) atoms. The first-order chi connectivity index (χ1) is 6.40. The SMILES string of the molecule is CC(C)CC(C(=O)C(C)C)C(C)CS. The fourth-order valence-corrected chi connectivity index (χ4v) is 1.95. The van der Waals surface area contributed by atoms with E-state index in [0.717, 1.165) is 12.2 Å². The minimum atomic E-state index is 0.154. The minimum absolute atomic E-state index is 0.154. The lowest BCUT2D eigenvalue weighted by atomic mass is 9.81. The van der Waals surface area contributed by atoms with Crippen LogP contribution in [0.1, 0.15) is 41.0 Å². The van der Waals surface area contributed by atoms with Crippen molar-refractivity contribution in [2.75, 3.05) is 5.75 Å². The minimum Gasteiger partial charge on any atom is -0.299 e. The second-order valence-electron chi connectivity index (χ2n) is 4.95. The first kappa shape index (κ1) is 14.0. The summed E-state index contributed by atoms with van der Waals surface area (Å²) in [5.41, 5.74) is 0. The zero-order chi connectivity index (χ0) is 11.3. The van der Waals surface area contributed by atoms with Gasteiger partial charge in [0.2, 0.25) is 0 Å².